The van der Waals surface area contributed by atoms with E-state index < -0.39 is 12.6 Å². The van der Waals surface area contributed by atoms with Gasteiger partial charge >= 0.3 is 6.36 Å². The Morgan fingerprint density at radius 2 is 1.76 bits per heavy atom. The first-order valence-electron chi connectivity index (χ1n) is 14.4. The molecule has 3 aromatic carbocycles. The molecule has 0 saturated heterocycles. The van der Waals surface area contributed by atoms with E-state index in [0.29, 0.717) is 30.4 Å². The van der Waals surface area contributed by atoms with Gasteiger partial charge in [0.25, 0.3) is 0 Å². The van der Waals surface area contributed by atoms with E-state index >= 15 is 0 Å². The van der Waals surface area contributed by atoms with E-state index in [9.17, 15) is 22.7 Å². The van der Waals surface area contributed by atoms with Crippen LogP contribution in [0.1, 0.15) is 37.8 Å². The average molecular weight is 642 g/mol. The topological polar surface area (TPSA) is 84.2 Å². The summed E-state index contributed by atoms with van der Waals surface area (Å²) in [5.41, 5.74) is 4.32. The zero-order chi connectivity index (χ0) is 32.4. The number of hydrogen-bond acceptors (Lipinski definition) is 7. The summed E-state index contributed by atoms with van der Waals surface area (Å²) in [6.07, 6.45) is -3.40. The monoisotopic (exact) mass is 641 g/mol. The van der Waals surface area contributed by atoms with Crippen LogP contribution in [0.15, 0.2) is 73.1 Å². The Hall–Kier alpha value is -4.05. The van der Waals surface area contributed by atoms with E-state index in [1.54, 1.807) is 12.1 Å². The number of benzene rings is 3. The van der Waals surface area contributed by atoms with Crippen molar-refractivity contribution in [2.24, 2.45) is 5.92 Å². The number of thioether (sulfide) groups is 1. The normalized spacial score (nSPS) is 12.8. The summed E-state index contributed by atoms with van der Waals surface area (Å²) in [6.45, 7) is 7.37. The predicted octanol–water partition coefficient (Wildman–Crippen LogP) is 6.99. The predicted molar refractivity (Wildman–Crippen MR) is 170 cm³/mol. The van der Waals surface area contributed by atoms with Gasteiger partial charge in [-0.15, -0.1) is 18.3 Å². The molecule has 0 saturated carbocycles. The Bertz CT molecular complexity index is 1580. The number of nitrogens with one attached hydrogen (secondary N) is 2. The van der Waals surface area contributed by atoms with Crippen LogP contribution in [0.3, 0.4) is 0 Å². The molecule has 0 aliphatic rings. The summed E-state index contributed by atoms with van der Waals surface area (Å²) in [7, 11) is 0. The van der Waals surface area contributed by atoms with Crippen LogP contribution >= 0.6 is 11.8 Å². The van der Waals surface area contributed by atoms with Crippen molar-refractivity contribution >= 4 is 17.4 Å². The van der Waals surface area contributed by atoms with Crippen molar-refractivity contribution in [2.75, 3.05) is 24.2 Å². The van der Waals surface area contributed by atoms with Crippen molar-refractivity contribution in [3.05, 3.63) is 90.0 Å². The molecule has 0 spiro atoms. The molecule has 0 fully saturated rings. The highest BCUT2D eigenvalue weighted by Gasteiger charge is 2.31. The second-order valence-electron chi connectivity index (χ2n) is 10.8. The van der Waals surface area contributed by atoms with Gasteiger partial charge in [-0.05, 0) is 83.0 Å². The number of aromatic nitrogens is 3. The fourth-order valence-corrected chi connectivity index (χ4v) is 5.01. The summed E-state index contributed by atoms with van der Waals surface area (Å²) >= 11 is 1.41. The quantitative estimate of drug-likeness (QED) is 0.0629. The zero-order valence-corrected chi connectivity index (χ0v) is 25.9. The molecule has 0 aliphatic carbocycles. The average Bonchev–Trinajstić information content (AvgIpc) is 3.49. The lowest BCUT2D eigenvalue weighted by Gasteiger charge is -2.14. The molecular formula is C33H35F4N5O2S. The maximum Gasteiger partial charge on any atom is 0.573 e. The van der Waals surface area contributed by atoms with Crippen molar-refractivity contribution < 1.29 is 27.4 Å². The second kappa shape index (κ2) is 15.8. The SMILES string of the molecule is CC(CNC(O)C#CSCCNc1ccc(F)cc1C(C)C)Cc1ccc(-c2ncn(-c3ccc(OC(F)(F)F)cc3)n2)cc1. The number of anilines is 1. The molecule has 7 nitrogen and oxygen atoms in total. The Kier molecular flexibility index (Phi) is 11.9. The largest absolute Gasteiger partial charge is 0.573 e. The maximum absolute atomic E-state index is 13.5. The van der Waals surface area contributed by atoms with Crippen LogP contribution in [0.25, 0.3) is 17.1 Å². The fraction of sp³-hybridized carbons (Fsp3) is 0.333. The third-order valence-electron chi connectivity index (χ3n) is 6.71. The summed E-state index contributed by atoms with van der Waals surface area (Å²) in [5, 5.41) is 23.9. The number of alkyl halides is 3. The standard InChI is InChI=1S/C33H35F4N5O2S/c1-22(2)29-19-26(34)8-13-30(29)38-15-17-45-16-14-31(43)39-20-23(3)18-24-4-6-25(7-5-24)32-40-21-42(41-32)27-9-11-28(12-10-27)44-33(35,36)37/h4-13,19,21-23,31,38-39,43H,15,17-18,20H2,1-3H3. The molecule has 1 heterocycles. The number of ether oxygens (including phenoxy) is 1. The van der Waals surface area contributed by atoms with Crippen LogP contribution in [0.2, 0.25) is 0 Å². The minimum atomic E-state index is -4.75. The van der Waals surface area contributed by atoms with E-state index in [4.69, 9.17) is 0 Å². The third kappa shape index (κ3) is 10.8. The molecule has 2 atom stereocenters. The Labute approximate surface area is 264 Å². The smallest absolute Gasteiger partial charge is 0.406 e. The van der Waals surface area contributed by atoms with Gasteiger partial charge < -0.3 is 15.2 Å². The molecule has 0 amide bonds. The van der Waals surface area contributed by atoms with Crippen LogP contribution in [-0.4, -0.2) is 51.3 Å². The Balaban J connectivity index is 1.17. The molecule has 45 heavy (non-hydrogen) atoms. The molecular weight excluding hydrogens is 606 g/mol. The minimum Gasteiger partial charge on any atom is -0.406 e. The highest BCUT2D eigenvalue weighted by Crippen LogP contribution is 2.26. The van der Waals surface area contributed by atoms with Crippen molar-refractivity contribution in [3.63, 3.8) is 0 Å². The van der Waals surface area contributed by atoms with Crippen molar-refractivity contribution in [3.8, 4) is 34.0 Å². The van der Waals surface area contributed by atoms with E-state index in [1.807, 2.05) is 38.1 Å². The molecule has 2 unspecified atom stereocenters. The first-order chi connectivity index (χ1) is 21.5. The first kappa shape index (κ1) is 33.8. The highest BCUT2D eigenvalue weighted by molar-refractivity contribution is 8.03. The van der Waals surface area contributed by atoms with E-state index in [1.165, 1.54) is 53.1 Å². The summed E-state index contributed by atoms with van der Waals surface area (Å²) in [4.78, 5) is 4.32. The second-order valence-corrected chi connectivity index (χ2v) is 11.7. The van der Waals surface area contributed by atoms with Crippen LogP contribution < -0.4 is 15.4 Å². The lowest BCUT2D eigenvalue weighted by atomic mass is 10.00. The van der Waals surface area contributed by atoms with E-state index in [-0.39, 0.29) is 23.4 Å². The molecule has 1 aromatic heterocycles. The van der Waals surface area contributed by atoms with Gasteiger partial charge in [0, 0.05) is 30.1 Å². The van der Waals surface area contributed by atoms with Gasteiger partial charge in [-0.3, -0.25) is 5.32 Å². The fourth-order valence-electron chi connectivity index (χ4n) is 4.51. The van der Waals surface area contributed by atoms with Crippen LogP contribution in [-0.2, 0) is 6.42 Å². The molecule has 12 heteroatoms. The van der Waals surface area contributed by atoms with Gasteiger partial charge in [0.05, 0.1) is 5.69 Å². The molecule has 238 valence electrons. The summed E-state index contributed by atoms with van der Waals surface area (Å²) < 4.78 is 56.1. The number of aliphatic hydroxyl groups excluding tert-OH is 1. The number of rotatable bonds is 13. The van der Waals surface area contributed by atoms with Crippen molar-refractivity contribution in [1.29, 1.82) is 0 Å². The number of halogens is 4. The van der Waals surface area contributed by atoms with Gasteiger partial charge in [-0.1, -0.05) is 56.8 Å². The van der Waals surface area contributed by atoms with Crippen LogP contribution in [0, 0.1) is 22.9 Å². The van der Waals surface area contributed by atoms with Crippen molar-refractivity contribution in [2.45, 2.75) is 45.7 Å². The molecule has 0 radical (unpaired) electrons. The summed E-state index contributed by atoms with van der Waals surface area (Å²) in [6, 6.07) is 18.0. The van der Waals surface area contributed by atoms with E-state index in [0.717, 1.165) is 28.8 Å². The Morgan fingerprint density at radius 3 is 2.44 bits per heavy atom. The maximum atomic E-state index is 13.5. The minimum absolute atomic E-state index is 0.210. The van der Waals surface area contributed by atoms with E-state index in [2.05, 4.69) is 43.5 Å². The van der Waals surface area contributed by atoms with Crippen LogP contribution in [0.5, 0.6) is 5.75 Å². The van der Waals surface area contributed by atoms with Crippen LogP contribution in [0.4, 0.5) is 23.2 Å². The molecule has 0 bridgehead atoms. The first-order valence-corrected chi connectivity index (χ1v) is 15.4. The summed E-state index contributed by atoms with van der Waals surface area (Å²) in [5.74, 6) is 3.89. The van der Waals surface area contributed by atoms with Gasteiger partial charge in [0.2, 0.25) is 0 Å². The molecule has 3 N–H and O–H groups in total. The lowest BCUT2D eigenvalue weighted by molar-refractivity contribution is -0.274. The number of aliphatic hydroxyl groups is 1. The third-order valence-corrected chi connectivity index (χ3v) is 7.38. The van der Waals surface area contributed by atoms with Gasteiger partial charge in [-0.25, -0.2) is 14.1 Å². The molecule has 0 aliphatic heterocycles. The molecule has 4 rings (SSSR count). The highest BCUT2D eigenvalue weighted by atomic mass is 32.2. The number of nitrogens with zero attached hydrogens (tertiary/aromatic N) is 3. The van der Waals surface area contributed by atoms with Gasteiger partial charge in [0.1, 0.15) is 17.9 Å². The Morgan fingerprint density at radius 1 is 1.02 bits per heavy atom. The number of hydrogen-bond donors (Lipinski definition) is 3. The van der Waals surface area contributed by atoms with Gasteiger partial charge in [0.15, 0.2) is 12.1 Å². The molecule has 4 aromatic rings. The zero-order valence-electron chi connectivity index (χ0n) is 25.1. The van der Waals surface area contributed by atoms with Gasteiger partial charge in [-0.2, -0.15) is 0 Å². The lowest BCUT2D eigenvalue weighted by Crippen LogP contribution is -2.31. The van der Waals surface area contributed by atoms with Crippen molar-refractivity contribution in [1.82, 2.24) is 20.1 Å².